The topological polar surface area (TPSA) is 74.9 Å². The predicted molar refractivity (Wildman–Crippen MR) is 112 cm³/mol. The minimum absolute atomic E-state index is 0.227. The average molecular weight is 386 g/mol. The van der Waals surface area contributed by atoms with Crippen LogP contribution in [-0.2, 0) is 17.7 Å². The molecular formula is C21H31N5O2. The van der Waals surface area contributed by atoms with Crippen LogP contribution in [-0.4, -0.2) is 49.3 Å². The smallest absolute Gasteiger partial charge is 0.191 e. The zero-order valence-electron chi connectivity index (χ0n) is 17.0. The second-order valence-corrected chi connectivity index (χ2v) is 7.14. The molecule has 3 heterocycles. The number of aromatic nitrogens is 1. The molecule has 0 saturated carbocycles. The largest absolute Gasteiger partial charge is 0.469 e. The van der Waals surface area contributed by atoms with E-state index in [9.17, 15) is 0 Å². The van der Waals surface area contributed by atoms with E-state index in [4.69, 9.17) is 9.15 Å². The molecule has 2 aromatic rings. The molecule has 2 unspecified atom stereocenters. The molecule has 0 radical (unpaired) electrons. The second kappa shape index (κ2) is 10.1. The van der Waals surface area contributed by atoms with Crippen LogP contribution in [0.25, 0.3) is 0 Å². The molecule has 0 amide bonds. The molecule has 0 aromatic carbocycles. The van der Waals surface area contributed by atoms with E-state index < -0.39 is 0 Å². The first-order valence-electron chi connectivity index (χ1n) is 10.0. The Labute approximate surface area is 167 Å². The lowest BCUT2D eigenvalue weighted by atomic mass is 10.2. The quantitative estimate of drug-likeness (QED) is 0.564. The second-order valence-electron chi connectivity index (χ2n) is 7.14. The SMILES string of the molecule is CCNC(=NCc1ccc(N2CC(C)OC(C)C2)nc1)NCCc1ccco1. The molecule has 0 aliphatic carbocycles. The number of hydrogen-bond donors (Lipinski definition) is 2. The summed E-state index contributed by atoms with van der Waals surface area (Å²) in [4.78, 5) is 11.6. The molecule has 1 saturated heterocycles. The maximum absolute atomic E-state index is 5.80. The van der Waals surface area contributed by atoms with Crippen molar-refractivity contribution in [3.8, 4) is 0 Å². The van der Waals surface area contributed by atoms with Crippen molar-refractivity contribution in [3.63, 3.8) is 0 Å². The third-order valence-corrected chi connectivity index (χ3v) is 4.56. The van der Waals surface area contributed by atoms with Crippen molar-refractivity contribution in [3.05, 3.63) is 48.0 Å². The van der Waals surface area contributed by atoms with Crippen LogP contribution < -0.4 is 15.5 Å². The van der Waals surface area contributed by atoms with Gasteiger partial charge in [0.2, 0.25) is 0 Å². The molecule has 1 fully saturated rings. The van der Waals surface area contributed by atoms with Crippen molar-refractivity contribution < 1.29 is 9.15 Å². The van der Waals surface area contributed by atoms with Gasteiger partial charge in [-0.3, -0.25) is 0 Å². The molecule has 2 N–H and O–H groups in total. The van der Waals surface area contributed by atoms with Gasteiger partial charge < -0.3 is 24.7 Å². The van der Waals surface area contributed by atoms with Gasteiger partial charge in [0.05, 0.1) is 25.0 Å². The Balaban J connectivity index is 1.53. The summed E-state index contributed by atoms with van der Waals surface area (Å²) in [7, 11) is 0. The highest BCUT2D eigenvalue weighted by atomic mass is 16.5. The molecular weight excluding hydrogens is 354 g/mol. The first-order chi connectivity index (χ1) is 13.6. The lowest BCUT2D eigenvalue weighted by Crippen LogP contribution is -2.45. The number of rotatable bonds is 7. The Hall–Kier alpha value is -2.54. The molecule has 1 aliphatic heterocycles. The number of guanidine groups is 1. The van der Waals surface area contributed by atoms with Gasteiger partial charge in [-0.15, -0.1) is 0 Å². The summed E-state index contributed by atoms with van der Waals surface area (Å²) in [6.07, 6.45) is 4.89. The monoisotopic (exact) mass is 385 g/mol. The Bertz CT molecular complexity index is 720. The number of pyridine rings is 1. The number of morpholine rings is 1. The van der Waals surface area contributed by atoms with E-state index in [-0.39, 0.29) is 12.2 Å². The van der Waals surface area contributed by atoms with Crippen LogP contribution in [0.15, 0.2) is 46.1 Å². The van der Waals surface area contributed by atoms with Gasteiger partial charge in [-0.05, 0) is 44.5 Å². The summed E-state index contributed by atoms with van der Waals surface area (Å²) >= 11 is 0. The van der Waals surface area contributed by atoms with E-state index in [2.05, 4.69) is 58.4 Å². The van der Waals surface area contributed by atoms with Crippen LogP contribution in [0.5, 0.6) is 0 Å². The number of ether oxygens (including phenoxy) is 1. The number of aliphatic imine (C=N–C) groups is 1. The molecule has 0 spiro atoms. The maximum Gasteiger partial charge on any atom is 0.191 e. The van der Waals surface area contributed by atoms with Gasteiger partial charge in [0.25, 0.3) is 0 Å². The Kier molecular flexibility index (Phi) is 7.31. The van der Waals surface area contributed by atoms with Gasteiger partial charge in [-0.25, -0.2) is 9.98 Å². The molecule has 7 nitrogen and oxygen atoms in total. The van der Waals surface area contributed by atoms with Crippen molar-refractivity contribution in [2.75, 3.05) is 31.1 Å². The third-order valence-electron chi connectivity index (χ3n) is 4.56. The van der Waals surface area contributed by atoms with Crippen LogP contribution in [0.3, 0.4) is 0 Å². The standard InChI is InChI=1S/C21H31N5O2/c1-4-22-21(23-10-9-19-6-5-11-27-19)25-13-18-7-8-20(24-12-18)26-14-16(2)28-17(3)15-26/h5-8,11-12,16-17H,4,9-10,13-15H2,1-3H3,(H2,22,23,25). The van der Waals surface area contributed by atoms with Crippen LogP contribution in [0.2, 0.25) is 0 Å². The fourth-order valence-electron chi connectivity index (χ4n) is 3.33. The zero-order valence-corrected chi connectivity index (χ0v) is 17.0. The molecule has 152 valence electrons. The van der Waals surface area contributed by atoms with E-state index in [1.165, 1.54) is 0 Å². The summed E-state index contributed by atoms with van der Waals surface area (Å²) in [6, 6.07) is 8.06. The maximum atomic E-state index is 5.80. The van der Waals surface area contributed by atoms with Crippen molar-refractivity contribution in [1.29, 1.82) is 0 Å². The van der Waals surface area contributed by atoms with Crippen LogP contribution in [0, 0.1) is 0 Å². The van der Waals surface area contributed by atoms with Gasteiger partial charge in [-0.2, -0.15) is 0 Å². The minimum Gasteiger partial charge on any atom is -0.469 e. The molecule has 7 heteroatoms. The van der Waals surface area contributed by atoms with E-state index in [0.29, 0.717) is 6.54 Å². The first kappa shape index (κ1) is 20.2. The van der Waals surface area contributed by atoms with E-state index in [1.54, 1.807) is 6.26 Å². The van der Waals surface area contributed by atoms with Crippen molar-refractivity contribution in [1.82, 2.24) is 15.6 Å². The summed E-state index contributed by atoms with van der Waals surface area (Å²) < 4.78 is 11.2. The average Bonchev–Trinajstić information content (AvgIpc) is 3.19. The van der Waals surface area contributed by atoms with Crippen molar-refractivity contribution >= 4 is 11.8 Å². The van der Waals surface area contributed by atoms with Gasteiger partial charge in [0.1, 0.15) is 11.6 Å². The highest BCUT2D eigenvalue weighted by Crippen LogP contribution is 2.18. The number of furan rings is 1. The third kappa shape index (κ3) is 5.99. The fourth-order valence-corrected chi connectivity index (χ4v) is 3.33. The van der Waals surface area contributed by atoms with Crippen LogP contribution in [0.1, 0.15) is 32.1 Å². The van der Waals surface area contributed by atoms with Crippen molar-refractivity contribution in [2.24, 2.45) is 4.99 Å². The van der Waals surface area contributed by atoms with Gasteiger partial charge in [0.15, 0.2) is 5.96 Å². The Morgan fingerprint density at radius 2 is 2.04 bits per heavy atom. The zero-order chi connectivity index (χ0) is 19.8. The number of nitrogens with one attached hydrogen (secondary N) is 2. The van der Waals surface area contributed by atoms with Crippen molar-refractivity contribution in [2.45, 2.75) is 45.9 Å². The Morgan fingerprint density at radius 1 is 1.21 bits per heavy atom. The van der Waals surface area contributed by atoms with E-state index in [1.807, 2.05) is 18.3 Å². The normalized spacial score (nSPS) is 20.2. The molecule has 28 heavy (non-hydrogen) atoms. The van der Waals surface area contributed by atoms with E-state index >= 15 is 0 Å². The molecule has 2 aromatic heterocycles. The van der Waals surface area contributed by atoms with Gasteiger partial charge in [-0.1, -0.05) is 6.07 Å². The molecule has 2 atom stereocenters. The lowest BCUT2D eigenvalue weighted by Gasteiger charge is -2.36. The predicted octanol–water partition coefficient (Wildman–Crippen LogP) is 2.59. The van der Waals surface area contributed by atoms with Crippen LogP contribution in [0.4, 0.5) is 5.82 Å². The number of hydrogen-bond acceptors (Lipinski definition) is 5. The number of nitrogens with zero attached hydrogens (tertiary/aromatic N) is 3. The molecule has 0 bridgehead atoms. The minimum atomic E-state index is 0.227. The Morgan fingerprint density at radius 3 is 2.68 bits per heavy atom. The summed E-state index contributed by atoms with van der Waals surface area (Å²) in [6.45, 7) is 10.2. The highest BCUT2D eigenvalue weighted by molar-refractivity contribution is 5.79. The first-order valence-corrected chi connectivity index (χ1v) is 10.0. The highest BCUT2D eigenvalue weighted by Gasteiger charge is 2.22. The summed E-state index contributed by atoms with van der Waals surface area (Å²) in [5, 5.41) is 6.61. The number of anilines is 1. The van der Waals surface area contributed by atoms with Gasteiger partial charge in [0, 0.05) is 38.8 Å². The summed E-state index contributed by atoms with van der Waals surface area (Å²) in [5.41, 5.74) is 1.08. The van der Waals surface area contributed by atoms with Crippen LogP contribution >= 0.6 is 0 Å². The van der Waals surface area contributed by atoms with E-state index in [0.717, 1.165) is 55.7 Å². The molecule has 3 rings (SSSR count). The van der Waals surface area contributed by atoms with Gasteiger partial charge >= 0.3 is 0 Å². The lowest BCUT2D eigenvalue weighted by molar-refractivity contribution is -0.00545. The fraction of sp³-hybridized carbons (Fsp3) is 0.524. The molecule has 1 aliphatic rings. The summed E-state index contributed by atoms with van der Waals surface area (Å²) in [5.74, 6) is 2.77.